The summed E-state index contributed by atoms with van der Waals surface area (Å²) in [6.07, 6.45) is 1.66. The van der Waals surface area contributed by atoms with Crippen LogP contribution in [0, 0.1) is 0 Å². The van der Waals surface area contributed by atoms with Crippen LogP contribution in [-0.2, 0) is 5.75 Å². The fraction of sp³-hybridized carbons (Fsp3) is 0.0556. The van der Waals surface area contributed by atoms with Gasteiger partial charge in [-0.2, -0.15) is 4.98 Å². The molecule has 3 aromatic heterocycles. The Kier molecular flexibility index (Phi) is 5.12. The molecule has 27 heavy (non-hydrogen) atoms. The smallest absolute Gasteiger partial charge is 0.252 e. The number of rotatable bonds is 5. The lowest BCUT2D eigenvalue weighted by atomic mass is 10.2. The topological polar surface area (TPSA) is 97.6 Å². The molecule has 0 bridgehead atoms. The molecule has 0 saturated carbocycles. The first-order chi connectivity index (χ1) is 13.2. The lowest BCUT2D eigenvalue weighted by Gasteiger charge is -2.02. The van der Waals surface area contributed by atoms with Gasteiger partial charge in [-0.15, -0.1) is 0 Å². The van der Waals surface area contributed by atoms with Crippen LogP contribution in [0.4, 0.5) is 0 Å². The van der Waals surface area contributed by atoms with Crippen LogP contribution < -0.4 is 5.56 Å². The van der Waals surface area contributed by atoms with Crippen molar-refractivity contribution in [1.29, 1.82) is 0 Å². The monoisotopic (exact) mass is 441 g/mol. The van der Waals surface area contributed by atoms with Crippen molar-refractivity contribution in [1.82, 2.24) is 25.1 Å². The Morgan fingerprint density at radius 3 is 2.70 bits per heavy atom. The van der Waals surface area contributed by atoms with Crippen molar-refractivity contribution in [3.63, 3.8) is 0 Å². The summed E-state index contributed by atoms with van der Waals surface area (Å²) in [5, 5.41) is 4.46. The third-order valence-electron chi connectivity index (χ3n) is 3.55. The quantitative estimate of drug-likeness (QED) is 0.369. The molecule has 1 aromatic carbocycles. The highest BCUT2D eigenvalue weighted by Gasteiger charge is 2.11. The van der Waals surface area contributed by atoms with Crippen molar-refractivity contribution in [2.24, 2.45) is 0 Å². The molecule has 0 aliphatic rings. The zero-order chi connectivity index (χ0) is 18.6. The molecule has 0 spiro atoms. The second-order valence-electron chi connectivity index (χ2n) is 5.46. The summed E-state index contributed by atoms with van der Waals surface area (Å²) in [5.41, 5.74) is 1.78. The average molecular weight is 442 g/mol. The lowest BCUT2D eigenvalue weighted by Crippen LogP contribution is -2.08. The van der Waals surface area contributed by atoms with E-state index in [9.17, 15) is 4.79 Å². The normalized spacial score (nSPS) is 10.9. The number of pyridine rings is 1. The zero-order valence-corrected chi connectivity index (χ0v) is 16.2. The number of benzene rings is 1. The van der Waals surface area contributed by atoms with E-state index >= 15 is 0 Å². The molecule has 1 N–H and O–H groups in total. The van der Waals surface area contributed by atoms with Crippen LogP contribution in [0.25, 0.3) is 22.8 Å². The highest BCUT2D eigenvalue weighted by Crippen LogP contribution is 2.23. The summed E-state index contributed by atoms with van der Waals surface area (Å²) >= 11 is 4.70. The number of nitrogens with zero attached hydrogens (tertiary/aromatic N) is 4. The van der Waals surface area contributed by atoms with Gasteiger partial charge in [0, 0.05) is 22.3 Å². The van der Waals surface area contributed by atoms with Gasteiger partial charge in [0.1, 0.15) is 0 Å². The molecule has 3 heterocycles. The van der Waals surface area contributed by atoms with Crippen LogP contribution in [-0.4, -0.2) is 25.1 Å². The minimum Gasteiger partial charge on any atom is -0.338 e. The zero-order valence-electron chi connectivity index (χ0n) is 13.8. The third kappa shape index (κ3) is 4.32. The Labute approximate surface area is 166 Å². The molecule has 0 radical (unpaired) electrons. The predicted octanol–water partition coefficient (Wildman–Crippen LogP) is 3.94. The predicted molar refractivity (Wildman–Crippen MR) is 105 cm³/mol. The van der Waals surface area contributed by atoms with E-state index in [0.717, 1.165) is 10.0 Å². The van der Waals surface area contributed by atoms with Gasteiger partial charge in [-0.05, 0) is 36.4 Å². The van der Waals surface area contributed by atoms with Crippen molar-refractivity contribution in [3.8, 4) is 22.8 Å². The van der Waals surface area contributed by atoms with Gasteiger partial charge in [0.2, 0.25) is 11.7 Å². The molecule has 0 aliphatic heterocycles. The van der Waals surface area contributed by atoms with Gasteiger partial charge in [0.25, 0.3) is 5.56 Å². The fourth-order valence-corrected chi connectivity index (χ4v) is 3.29. The van der Waals surface area contributed by atoms with Crippen molar-refractivity contribution in [3.05, 3.63) is 75.4 Å². The maximum absolute atomic E-state index is 11.9. The molecule has 134 valence electrons. The van der Waals surface area contributed by atoms with E-state index in [2.05, 4.69) is 41.0 Å². The van der Waals surface area contributed by atoms with Crippen LogP contribution in [0.15, 0.2) is 73.7 Å². The molecular weight excluding hydrogens is 430 g/mol. The van der Waals surface area contributed by atoms with E-state index in [1.54, 1.807) is 12.3 Å². The molecule has 7 nitrogen and oxygen atoms in total. The summed E-state index contributed by atoms with van der Waals surface area (Å²) in [5.74, 6) is 1.35. The Morgan fingerprint density at radius 2 is 1.93 bits per heavy atom. The SMILES string of the molecule is O=c1cc(-c2ccccn2)nc(SCc2nc(-c3ccc(Br)cc3)no2)[nH]1. The third-order valence-corrected chi connectivity index (χ3v) is 4.94. The minimum atomic E-state index is -0.241. The summed E-state index contributed by atoms with van der Waals surface area (Å²) in [7, 11) is 0. The highest BCUT2D eigenvalue weighted by atomic mass is 79.9. The van der Waals surface area contributed by atoms with Gasteiger partial charge in [0.15, 0.2) is 5.16 Å². The van der Waals surface area contributed by atoms with E-state index in [-0.39, 0.29) is 5.56 Å². The van der Waals surface area contributed by atoms with Crippen LogP contribution in [0.5, 0.6) is 0 Å². The fourth-order valence-electron chi connectivity index (χ4n) is 2.31. The van der Waals surface area contributed by atoms with Gasteiger partial charge < -0.3 is 9.51 Å². The number of thioether (sulfide) groups is 1. The number of H-pyrrole nitrogens is 1. The van der Waals surface area contributed by atoms with Gasteiger partial charge in [-0.1, -0.05) is 38.9 Å². The van der Waals surface area contributed by atoms with Crippen molar-refractivity contribution >= 4 is 27.7 Å². The van der Waals surface area contributed by atoms with E-state index in [0.29, 0.717) is 34.0 Å². The maximum atomic E-state index is 11.9. The number of hydrogen-bond donors (Lipinski definition) is 1. The molecule has 4 rings (SSSR count). The second kappa shape index (κ2) is 7.85. The van der Waals surface area contributed by atoms with E-state index in [1.807, 2.05) is 36.4 Å². The van der Waals surface area contributed by atoms with Crippen molar-refractivity contribution in [2.45, 2.75) is 10.9 Å². The van der Waals surface area contributed by atoms with Gasteiger partial charge >= 0.3 is 0 Å². The molecule has 4 aromatic rings. The van der Waals surface area contributed by atoms with Gasteiger partial charge in [-0.25, -0.2) is 4.98 Å². The van der Waals surface area contributed by atoms with E-state index < -0.39 is 0 Å². The van der Waals surface area contributed by atoms with Gasteiger partial charge in [-0.3, -0.25) is 9.78 Å². The number of nitrogens with one attached hydrogen (secondary N) is 1. The lowest BCUT2D eigenvalue weighted by molar-refractivity contribution is 0.391. The van der Waals surface area contributed by atoms with Gasteiger partial charge in [0.05, 0.1) is 17.1 Å². The first-order valence-corrected chi connectivity index (χ1v) is 9.69. The van der Waals surface area contributed by atoms with E-state index in [1.165, 1.54) is 17.8 Å². The Hall–Kier alpha value is -2.78. The van der Waals surface area contributed by atoms with Crippen molar-refractivity contribution in [2.75, 3.05) is 0 Å². The van der Waals surface area contributed by atoms with Crippen LogP contribution in [0.2, 0.25) is 0 Å². The standard InChI is InChI=1S/C18H12BrN5O2S/c19-12-6-4-11(5-7-12)17-23-16(26-24-17)10-27-18-21-14(9-15(25)22-18)13-3-1-2-8-20-13/h1-9H,10H2,(H,21,22,25). The summed E-state index contributed by atoms with van der Waals surface area (Å²) in [6, 6.07) is 14.5. The molecule has 0 fully saturated rings. The minimum absolute atomic E-state index is 0.241. The number of aromatic amines is 1. The first kappa shape index (κ1) is 17.6. The summed E-state index contributed by atoms with van der Waals surface area (Å²) in [6.45, 7) is 0. The number of aromatic nitrogens is 5. The summed E-state index contributed by atoms with van der Waals surface area (Å²) < 4.78 is 6.27. The van der Waals surface area contributed by atoms with Crippen LogP contribution >= 0.6 is 27.7 Å². The van der Waals surface area contributed by atoms with E-state index in [4.69, 9.17) is 4.52 Å². The number of hydrogen-bond acceptors (Lipinski definition) is 7. The Balaban J connectivity index is 1.50. The molecule has 9 heteroatoms. The average Bonchev–Trinajstić information content (AvgIpc) is 3.16. The molecular formula is C18H12BrN5O2S. The number of halogens is 1. The molecule has 0 atom stereocenters. The Bertz CT molecular complexity index is 1110. The molecule has 0 saturated heterocycles. The van der Waals surface area contributed by atoms with Crippen LogP contribution in [0.1, 0.15) is 5.89 Å². The first-order valence-electron chi connectivity index (χ1n) is 7.91. The Morgan fingerprint density at radius 1 is 1.07 bits per heavy atom. The molecule has 0 amide bonds. The molecule has 0 unspecified atom stereocenters. The van der Waals surface area contributed by atoms with Crippen LogP contribution in [0.3, 0.4) is 0 Å². The van der Waals surface area contributed by atoms with Crippen molar-refractivity contribution < 1.29 is 4.52 Å². The highest BCUT2D eigenvalue weighted by molar-refractivity contribution is 9.10. The molecule has 0 aliphatic carbocycles. The maximum Gasteiger partial charge on any atom is 0.252 e. The second-order valence-corrected chi connectivity index (χ2v) is 7.34. The largest absolute Gasteiger partial charge is 0.338 e. The summed E-state index contributed by atoms with van der Waals surface area (Å²) in [4.78, 5) is 27.7.